The first-order valence-electron chi connectivity index (χ1n) is 10.0. The maximum absolute atomic E-state index is 12.2. The maximum Gasteiger partial charge on any atom is 0.315 e. The van der Waals surface area contributed by atoms with Gasteiger partial charge in [-0.25, -0.2) is 4.79 Å². The highest BCUT2D eigenvalue weighted by molar-refractivity contribution is 5.74. The van der Waals surface area contributed by atoms with Crippen molar-refractivity contribution < 1.29 is 4.79 Å². The summed E-state index contributed by atoms with van der Waals surface area (Å²) in [6.45, 7) is 6.20. The van der Waals surface area contributed by atoms with Crippen molar-refractivity contribution in [1.82, 2.24) is 15.5 Å². The molecule has 0 aromatic heterocycles. The monoisotopic (exact) mass is 343 g/mol. The van der Waals surface area contributed by atoms with Crippen molar-refractivity contribution in [3.05, 3.63) is 35.4 Å². The Morgan fingerprint density at radius 2 is 1.80 bits per heavy atom. The SMILES string of the molecule is Cc1ccccc1CNC(=O)NC1CCN(CC2CCCCC2)CC1. The van der Waals surface area contributed by atoms with Crippen molar-refractivity contribution >= 4 is 6.03 Å². The van der Waals surface area contributed by atoms with Crippen LogP contribution in [-0.2, 0) is 6.54 Å². The zero-order valence-corrected chi connectivity index (χ0v) is 15.6. The molecule has 2 aliphatic rings. The van der Waals surface area contributed by atoms with Gasteiger partial charge in [-0.2, -0.15) is 0 Å². The molecule has 1 saturated heterocycles. The van der Waals surface area contributed by atoms with Crippen LogP contribution in [0.1, 0.15) is 56.1 Å². The third kappa shape index (κ3) is 5.74. The van der Waals surface area contributed by atoms with Gasteiger partial charge in [-0.15, -0.1) is 0 Å². The lowest BCUT2D eigenvalue weighted by molar-refractivity contribution is 0.155. The van der Waals surface area contributed by atoms with Crippen LogP contribution >= 0.6 is 0 Å². The molecule has 4 nitrogen and oxygen atoms in total. The van der Waals surface area contributed by atoms with Crippen LogP contribution < -0.4 is 10.6 Å². The lowest BCUT2D eigenvalue weighted by Gasteiger charge is -2.35. The maximum atomic E-state index is 12.2. The molecule has 0 unspecified atom stereocenters. The van der Waals surface area contributed by atoms with E-state index in [2.05, 4.69) is 34.6 Å². The summed E-state index contributed by atoms with van der Waals surface area (Å²) in [7, 11) is 0. The summed E-state index contributed by atoms with van der Waals surface area (Å²) in [5, 5.41) is 6.16. The van der Waals surface area contributed by atoms with Crippen molar-refractivity contribution in [2.75, 3.05) is 19.6 Å². The molecule has 1 heterocycles. The quantitative estimate of drug-likeness (QED) is 0.853. The average molecular weight is 344 g/mol. The number of hydrogen-bond donors (Lipinski definition) is 2. The topological polar surface area (TPSA) is 44.4 Å². The minimum absolute atomic E-state index is 0.0333. The van der Waals surface area contributed by atoms with Gasteiger partial charge in [0.05, 0.1) is 0 Å². The Morgan fingerprint density at radius 1 is 1.08 bits per heavy atom. The van der Waals surface area contributed by atoms with Crippen LogP contribution in [0.15, 0.2) is 24.3 Å². The summed E-state index contributed by atoms with van der Waals surface area (Å²) in [5.41, 5.74) is 2.40. The second-order valence-electron chi connectivity index (χ2n) is 7.83. The van der Waals surface area contributed by atoms with Crippen LogP contribution in [0.4, 0.5) is 4.79 Å². The molecule has 0 bridgehead atoms. The number of benzene rings is 1. The predicted octanol–water partition coefficient (Wildman–Crippen LogP) is 3.84. The number of piperidine rings is 1. The van der Waals surface area contributed by atoms with Crippen LogP contribution in [0.5, 0.6) is 0 Å². The Morgan fingerprint density at radius 3 is 2.52 bits per heavy atom. The molecule has 1 aliphatic carbocycles. The first-order chi connectivity index (χ1) is 12.2. The molecule has 138 valence electrons. The Kier molecular flexibility index (Phi) is 6.74. The Balaban J connectivity index is 1.34. The highest BCUT2D eigenvalue weighted by Crippen LogP contribution is 2.25. The number of hydrogen-bond acceptors (Lipinski definition) is 2. The molecule has 0 radical (unpaired) electrons. The fraction of sp³-hybridized carbons (Fsp3) is 0.667. The number of nitrogens with one attached hydrogen (secondary N) is 2. The number of aryl methyl sites for hydroxylation is 1. The highest BCUT2D eigenvalue weighted by atomic mass is 16.2. The number of likely N-dealkylation sites (tertiary alicyclic amines) is 1. The summed E-state index contributed by atoms with van der Waals surface area (Å²) in [5.74, 6) is 0.913. The molecule has 2 amide bonds. The first kappa shape index (κ1) is 18.2. The zero-order valence-electron chi connectivity index (χ0n) is 15.6. The standard InChI is InChI=1S/C21H33N3O/c1-17-7-5-6-10-19(17)15-22-21(25)23-20-11-13-24(14-12-20)16-18-8-3-2-4-9-18/h5-7,10,18,20H,2-4,8-9,11-16H2,1H3,(H2,22,23,25). The second-order valence-corrected chi connectivity index (χ2v) is 7.83. The van der Waals surface area contributed by atoms with Crippen molar-refractivity contribution in [3.8, 4) is 0 Å². The molecule has 1 aromatic rings. The summed E-state index contributed by atoms with van der Waals surface area (Å²) < 4.78 is 0. The largest absolute Gasteiger partial charge is 0.335 e. The molecule has 2 N–H and O–H groups in total. The third-order valence-corrected chi connectivity index (χ3v) is 5.86. The van der Waals surface area contributed by atoms with Gasteiger partial charge >= 0.3 is 6.03 Å². The van der Waals surface area contributed by atoms with Crippen molar-refractivity contribution in [2.45, 2.75) is 64.5 Å². The Hall–Kier alpha value is -1.55. The number of nitrogens with zero attached hydrogens (tertiary/aromatic N) is 1. The number of carbonyl (C=O) groups excluding carboxylic acids is 1. The van der Waals surface area contributed by atoms with Crippen LogP contribution in [0, 0.1) is 12.8 Å². The third-order valence-electron chi connectivity index (χ3n) is 5.86. The highest BCUT2D eigenvalue weighted by Gasteiger charge is 2.23. The predicted molar refractivity (Wildman–Crippen MR) is 103 cm³/mol. The fourth-order valence-corrected chi connectivity index (χ4v) is 4.22. The number of amides is 2. The van der Waals surface area contributed by atoms with E-state index in [-0.39, 0.29) is 6.03 Å². The van der Waals surface area contributed by atoms with Gasteiger partial charge in [-0.1, -0.05) is 43.5 Å². The van der Waals surface area contributed by atoms with E-state index in [1.165, 1.54) is 49.8 Å². The zero-order chi connectivity index (χ0) is 17.5. The van der Waals surface area contributed by atoms with Gasteiger partial charge in [-0.3, -0.25) is 0 Å². The first-order valence-corrected chi connectivity index (χ1v) is 10.0. The Labute approximate surface area is 152 Å². The van der Waals surface area contributed by atoms with Gasteiger partial charge < -0.3 is 15.5 Å². The van der Waals surface area contributed by atoms with Gasteiger partial charge in [0.15, 0.2) is 0 Å². The summed E-state index contributed by atoms with van der Waals surface area (Å²) >= 11 is 0. The molecule has 2 fully saturated rings. The number of carbonyl (C=O) groups is 1. The lowest BCUT2D eigenvalue weighted by Crippen LogP contribution is -2.48. The minimum atomic E-state index is -0.0333. The molecular formula is C21H33N3O. The van der Waals surface area contributed by atoms with Crippen molar-refractivity contribution in [3.63, 3.8) is 0 Å². The lowest BCUT2D eigenvalue weighted by atomic mass is 9.88. The van der Waals surface area contributed by atoms with Gasteiger partial charge in [0.1, 0.15) is 0 Å². The second kappa shape index (κ2) is 9.23. The fourth-order valence-electron chi connectivity index (χ4n) is 4.22. The van der Waals surface area contributed by atoms with Gasteiger partial charge in [0, 0.05) is 32.2 Å². The van der Waals surface area contributed by atoms with Gasteiger partial charge in [-0.05, 0) is 49.7 Å². The smallest absolute Gasteiger partial charge is 0.315 e. The molecule has 0 spiro atoms. The molecule has 1 aliphatic heterocycles. The number of rotatable bonds is 5. The van der Waals surface area contributed by atoms with Gasteiger partial charge in [0.2, 0.25) is 0 Å². The molecule has 4 heteroatoms. The summed E-state index contributed by atoms with van der Waals surface area (Å²) in [6, 6.07) is 8.48. The van der Waals surface area contributed by atoms with E-state index in [1.807, 2.05) is 12.1 Å². The molecule has 1 aromatic carbocycles. The summed E-state index contributed by atoms with van der Waals surface area (Å²) in [4.78, 5) is 14.8. The van der Waals surface area contributed by atoms with E-state index in [0.717, 1.165) is 31.8 Å². The van der Waals surface area contributed by atoms with Crippen molar-refractivity contribution in [1.29, 1.82) is 0 Å². The van der Waals surface area contributed by atoms with E-state index in [0.29, 0.717) is 12.6 Å². The van der Waals surface area contributed by atoms with E-state index in [9.17, 15) is 4.79 Å². The van der Waals surface area contributed by atoms with Crippen LogP contribution in [0.2, 0.25) is 0 Å². The molecule has 1 saturated carbocycles. The molecule has 3 rings (SSSR count). The molecular weight excluding hydrogens is 310 g/mol. The van der Waals surface area contributed by atoms with E-state index < -0.39 is 0 Å². The Bertz CT molecular complexity index is 546. The van der Waals surface area contributed by atoms with Crippen molar-refractivity contribution in [2.24, 2.45) is 5.92 Å². The van der Waals surface area contributed by atoms with Crippen LogP contribution in [-0.4, -0.2) is 36.6 Å². The minimum Gasteiger partial charge on any atom is -0.335 e. The average Bonchev–Trinajstić information content (AvgIpc) is 2.64. The van der Waals surface area contributed by atoms with E-state index in [1.54, 1.807) is 0 Å². The van der Waals surface area contributed by atoms with E-state index in [4.69, 9.17) is 0 Å². The van der Waals surface area contributed by atoms with Gasteiger partial charge in [0.25, 0.3) is 0 Å². The normalized spacial score (nSPS) is 20.4. The van der Waals surface area contributed by atoms with Crippen LogP contribution in [0.25, 0.3) is 0 Å². The number of urea groups is 1. The molecule has 0 atom stereocenters. The summed E-state index contributed by atoms with van der Waals surface area (Å²) in [6.07, 6.45) is 9.25. The molecule has 25 heavy (non-hydrogen) atoms. The van der Waals surface area contributed by atoms with E-state index >= 15 is 0 Å². The van der Waals surface area contributed by atoms with Crippen LogP contribution in [0.3, 0.4) is 0 Å².